The van der Waals surface area contributed by atoms with Crippen molar-refractivity contribution in [2.45, 2.75) is 233 Å². The van der Waals surface area contributed by atoms with E-state index in [1.54, 1.807) is 133 Å². The van der Waals surface area contributed by atoms with E-state index in [4.69, 9.17) is 66.9 Å². The van der Waals surface area contributed by atoms with Crippen molar-refractivity contribution < 1.29 is 75.7 Å². The molecule has 0 saturated heterocycles. The normalized spacial score (nSPS) is 17.8. The third-order valence-corrected chi connectivity index (χ3v) is 36.5. The van der Waals surface area contributed by atoms with Crippen LogP contribution >= 0.6 is 0 Å². The summed E-state index contributed by atoms with van der Waals surface area (Å²) in [6.45, 7) is 27.8. The van der Waals surface area contributed by atoms with Crippen LogP contribution in [0.15, 0.2) is 311 Å². The van der Waals surface area contributed by atoms with Gasteiger partial charge in [-0.15, -0.1) is 0 Å². The second-order valence-corrected chi connectivity index (χ2v) is 51.0. The van der Waals surface area contributed by atoms with Crippen molar-refractivity contribution >= 4 is 53.4 Å². The van der Waals surface area contributed by atoms with Crippen molar-refractivity contribution in [2.24, 2.45) is 52.7 Å². The van der Waals surface area contributed by atoms with E-state index in [2.05, 4.69) is 60.8 Å². The van der Waals surface area contributed by atoms with Crippen LogP contribution in [0.3, 0.4) is 0 Å². The van der Waals surface area contributed by atoms with Crippen LogP contribution in [0.1, 0.15) is 152 Å². The van der Waals surface area contributed by atoms with Crippen molar-refractivity contribution in [3.8, 4) is 69.0 Å². The van der Waals surface area contributed by atoms with E-state index in [-0.39, 0.29) is 31.1 Å². The zero-order valence-corrected chi connectivity index (χ0v) is 85.5. The van der Waals surface area contributed by atoms with Gasteiger partial charge in [0.2, 0.25) is 25.1 Å². The average molecular weight is 1980 g/mol. The second kappa shape index (κ2) is 50.6. The lowest BCUT2D eigenvalue weighted by atomic mass is 9.69. The van der Waals surface area contributed by atoms with E-state index in [1.807, 2.05) is 69.3 Å². The molecule has 0 amide bonds. The fourth-order valence-corrected chi connectivity index (χ4v) is 29.0. The summed E-state index contributed by atoms with van der Waals surface area (Å²) in [5.41, 5.74) is 33.0. The van der Waals surface area contributed by atoms with Crippen LogP contribution in [0.2, 0.25) is 38.3 Å². The van der Waals surface area contributed by atoms with Gasteiger partial charge in [0.25, 0.3) is 0 Å². The summed E-state index contributed by atoms with van der Waals surface area (Å²) >= 11 is 0. The molecule has 3 saturated carbocycles. The van der Waals surface area contributed by atoms with E-state index in [9.17, 15) is 43.2 Å². The Morgan fingerprint density at radius 1 is 0.353 bits per heavy atom. The Kier molecular flexibility index (Phi) is 39.9. The van der Waals surface area contributed by atoms with E-state index in [0.717, 1.165) is 114 Å². The number of sulfone groups is 2. The summed E-state index contributed by atoms with van der Waals surface area (Å²) in [4.78, 5) is 0.744. The third kappa shape index (κ3) is 33.4. The van der Waals surface area contributed by atoms with Gasteiger partial charge in [0.05, 0.1) is 19.6 Å². The summed E-state index contributed by atoms with van der Waals surface area (Å²) in [5, 5.41) is 0. The van der Waals surface area contributed by atoms with Gasteiger partial charge in [0.15, 0.2) is 16.6 Å². The van der Waals surface area contributed by atoms with Gasteiger partial charge in [-0.1, -0.05) is 151 Å². The third-order valence-electron chi connectivity index (χ3n) is 25.4. The number of alkyl halides is 6. The molecule has 12 aromatic rings. The molecule has 3 aliphatic carbocycles. The van der Waals surface area contributed by atoms with Crippen molar-refractivity contribution in [3.05, 3.63) is 319 Å². The van der Waals surface area contributed by atoms with Crippen molar-refractivity contribution in [2.75, 3.05) is 23.7 Å². The predicted molar refractivity (Wildman–Crippen MR) is 554 cm³/mol. The monoisotopic (exact) mass is 1980 g/mol. The smallest absolute Gasteiger partial charge is 0.411 e. The maximum atomic E-state index is 14.4. The van der Waals surface area contributed by atoms with E-state index < -0.39 is 65.2 Å². The summed E-state index contributed by atoms with van der Waals surface area (Å²) in [7, 11) is -10.1. The van der Waals surface area contributed by atoms with E-state index >= 15 is 0 Å². The number of rotatable bonds is 28. The first-order chi connectivity index (χ1) is 65.9. The van der Waals surface area contributed by atoms with Gasteiger partial charge < -0.3 is 66.9 Å². The largest absolute Gasteiger partial charge is 0.457 e. The summed E-state index contributed by atoms with van der Waals surface area (Å²) in [5.74, 6) is 11.2. The minimum Gasteiger partial charge on any atom is -0.457 e. The summed E-state index contributed by atoms with van der Waals surface area (Å²) < 4.78 is 179. The Bertz CT molecular complexity index is 5650. The zero-order chi connectivity index (χ0) is 101. The standard InChI is InChI=1S/C28H21F6NO2.2C25H21NO4S.C16H31N.C11H29NOSi2.C7H15N/c1-18-2-10-22(11-3-18)36-23-12-4-19(5-13-23)26(27(29,30)31,28(32,33)34)20-6-14-24(15-7-20)37-25-16-8-21(35)9-17-25;1-18-2-6-20(7-3-18)29-22-10-14-24(15-11-22)31(27,28)25-16-12-23(13-17-25)30-21-8-4-19(26)5-9-21;1-18-4-2-6-22(16-18)29-20-8-12-24(13-9-20)31(27,28)25-14-10-21(11-15-25)30-23-7-3-5-19(26)17-23;1-11-4-5-14(8-12(11)2)10-15-6-7-16(17)13(3)9-15;1-6-7-10-14(2,3)13-15(4,5)11-8-9-12;1-6-3-2-4-7(8)5-6/h2-17H,35H2,1H3;2*2-17H,26H2,1H3;11-16H,4-10,17H2,1-3H3;6-12H2,1-5H3;6-7H,2-5,8H2,1H3. The minimum atomic E-state index is -5.70. The number of halogens is 6. The number of hydrogen-bond acceptors (Lipinski definition) is 17. The molecule has 0 radical (unpaired) electrons. The molecule has 0 bridgehead atoms. The first-order valence-electron chi connectivity index (χ1n) is 47.9. The Morgan fingerprint density at radius 2 is 0.683 bits per heavy atom. The molecule has 17 nitrogen and oxygen atoms in total. The number of benzene rings is 12. The molecule has 15 rings (SSSR count). The number of hydrogen-bond donors (Lipinski definition) is 6. The molecule has 139 heavy (non-hydrogen) atoms. The Hall–Kier alpha value is -11.4. The van der Waals surface area contributed by atoms with Crippen molar-refractivity contribution in [1.82, 2.24) is 0 Å². The highest BCUT2D eigenvalue weighted by atomic mass is 32.2. The fourth-order valence-electron chi connectivity index (χ4n) is 17.5. The maximum absolute atomic E-state index is 14.4. The SMILES string of the molecule is CC1CCC(CC2CCC(N)C(C)C2)CC1C.CC1CCCC(N)C1.CCCC[Si](C)(C)O[Si](C)(C)CCCN.Cc1ccc(Oc2ccc(C(c3ccc(Oc4ccc(N)cc4)cc3)(C(F)(F)F)C(F)(F)F)cc2)cc1.Cc1ccc(Oc2ccc(S(=O)(=O)c3ccc(Oc4ccc(N)cc4)cc3)cc2)cc1.Cc1cccc(Oc2ccc(S(=O)(=O)c3ccc(Oc4cccc(N)c4)cc3)cc2)c1. The molecule has 12 aromatic carbocycles. The quantitative estimate of drug-likeness (QED) is 0.0151. The lowest BCUT2D eigenvalue weighted by Gasteiger charge is -2.38. The topological polar surface area (TPSA) is 289 Å². The van der Waals surface area contributed by atoms with Crippen molar-refractivity contribution in [1.29, 1.82) is 0 Å². The number of aryl methyl sites for hydroxylation is 3. The molecule has 744 valence electrons. The molecular formula is C112H138F6N6O11S2Si2. The van der Waals surface area contributed by atoms with Crippen LogP contribution in [-0.4, -0.2) is 64.5 Å². The highest BCUT2D eigenvalue weighted by Gasteiger charge is 2.72. The van der Waals surface area contributed by atoms with Crippen LogP contribution in [0.4, 0.5) is 43.4 Å². The molecule has 0 heterocycles. The van der Waals surface area contributed by atoms with Gasteiger partial charge in [0.1, 0.15) is 69.0 Å². The number of unbranched alkanes of at least 4 members (excludes halogenated alkanes) is 1. The van der Waals surface area contributed by atoms with Gasteiger partial charge in [-0.2, -0.15) is 26.3 Å². The number of nitrogens with two attached hydrogens (primary N) is 6. The Morgan fingerprint density at radius 3 is 1.01 bits per heavy atom. The van der Waals surface area contributed by atoms with Gasteiger partial charge >= 0.3 is 12.4 Å². The molecule has 12 N–H and O–H groups in total. The molecular weight excluding hydrogens is 1840 g/mol. The summed E-state index contributed by atoms with van der Waals surface area (Å²) in [6.07, 6.45) is 7.55. The minimum absolute atomic E-state index is 0.0635. The maximum Gasteiger partial charge on any atom is 0.411 e. The van der Waals surface area contributed by atoms with Gasteiger partial charge in [-0.05, 0) is 388 Å². The first-order valence-corrected chi connectivity index (χ1v) is 57.1. The highest BCUT2D eigenvalue weighted by Crippen LogP contribution is 2.57. The fraction of sp³-hybridized carbons (Fsp3) is 0.357. The predicted octanol–water partition coefficient (Wildman–Crippen LogP) is 29.9. The van der Waals surface area contributed by atoms with E-state index in [0.29, 0.717) is 86.6 Å². The molecule has 0 spiro atoms. The van der Waals surface area contributed by atoms with Crippen LogP contribution in [0.5, 0.6) is 69.0 Å². The van der Waals surface area contributed by atoms with Crippen LogP contribution in [-0.2, 0) is 29.2 Å². The van der Waals surface area contributed by atoms with E-state index in [1.165, 1.54) is 156 Å². The van der Waals surface area contributed by atoms with Crippen LogP contribution in [0.25, 0.3) is 0 Å². The molecule has 27 heteroatoms. The van der Waals surface area contributed by atoms with Gasteiger partial charge in [-0.25, -0.2) is 16.8 Å². The molecule has 0 aromatic heterocycles. The number of nitrogen functional groups attached to an aromatic ring is 3. The second-order valence-electron chi connectivity index (χ2n) is 38.3. The summed E-state index contributed by atoms with van der Waals surface area (Å²) in [6, 6.07) is 78.5. The molecule has 0 aliphatic heterocycles. The van der Waals surface area contributed by atoms with Crippen molar-refractivity contribution in [3.63, 3.8) is 0 Å². The highest BCUT2D eigenvalue weighted by molar-refractivity contribution is 7.91. The number of anilines is 3. The molecule has 8 atom stereocenters. The lowest BCUT2D eigenvalue weighted by Crippen LogP contribution is -2.54. The molecule has 8 unspecified atom stereocenters. The average Bonchev–Trinajstić information content (AvgIpc) is 0.714. The first kappa shape index (κ1) is 110. The molecule has 3 aliphatic rings. The van der Waals surface area contributed by atoms with Gasteiger partial charge in [-0.3, -0.25) is 0 Å². The molecule has 3 fully saturated rings. The zero-order valence-electron chi connectivity index (χ0n) is 81.9. The number of ether oxygens (including phenoxy) is 6. The lowest BCUT2D eigenvalue weighted by molar-refractivity contribution is -0.288. The Labute approximate surface area is 821 Å². The van der Waals surface area contributed by atoms with Gasteiger partial charge in [0, 0.05) is 35.2 Å². The Balaban J connectivity index is 0.000000181. The van der Waals surface area contributed by atoms with Crippen LogP contribution in [0, 0.1) is 56.3 Å². The van der Waals surface area contributed by atoms with Crippen LogP contribution < -0.4 is 62.8 Å².